The molecule has 1 unspecified atom stereocenters. The van der Waals surface area contributed by atoms with Gasteiger partial charge in [-0.15, -0.1) is 0 Å². The van der Waals surface area contributed by atoms with E-state index in [9.17, 15) is 22.7 Å². The van der Waals surface area contributed by atoms with Crippen molar-refractivity contribution in [1.82, 2.24) is 10.2 Å². The number of hydrogen-bond acceptors (Lipinski definition) is 2. The maximum absolute atomic E-state index is 13.2. The van der Waals surface area contributed by atoms with Gasteiger partial charge >= 0.3 is 6.18 Å². The number of alkyl halides is 3. The van der Waals surface area contributed by atoms with E-state index in [1.54, 1.807) is 0 Å². The number of nitrogens with zero attached hydrogens (tertiary/aromatic N) is 1. The zero-order valence-electron chi connectivity index (χ0n) is 13.4. The lowest BCUT2D eigenvalue weighted by molar-refractivity contribution is -0.137. The Morgan fingerprint density at radius 3 is 2.28 bits per heavy atom. The van der Waals surface area contributed by atoms with Crippen LogP contribution in [0.5, 0.6) is 0 Å². The number of fused-ring (bicyclic) bond motifs is 1. The van der Waals surface area contributed by atoms with Crippen LogP contribution in [-0.2, 0) is 11.8 Å². The molecule has 3 rings (SSSR count). The molecule has 0 spiro atoms. The highest BCUT2D eigenvalue weighted by atomic mass is 19.4. The van der Waals surface area contributed by atoms with Crippen LogP contribution in [0.4, 0.5) is 17.6 Å². The summed E-state index contributed by atoms with van der Waals surface area (Å²) in [6.07, 6.45) is -3.71. The fraction of sp³-hybridized carbons (Fsp3) is 0.278. The number of hydrogen-bond donors (Lipinski definition) is 2. The number of aromatic amines is 1. The minimum atomic E-state index is -4.50. The summed E-state index contributed by atoms with van der Waals surface area (Å²) in [5.74, 6) is -0.464. The van der Waals surface area contributed by atoms with E-state index in [2.05, 4.69) is 10.2 Å². The van der Waals surface area contributed by atoms with Crippen molar-refractivity contribution in [2.75, 3.05) is 0 Å². The average Bonchev–Trinajstić information content (AvgIpc) is 2.98. The van der Waals surface area contributed by atoms with Crippen molar-refractivity contribution in [2.45, 2.75) is 31.5 Å². The van der Waals surface area contributed by atoms with Gasteiger partial charge in [-0.25, -0.2) is 4.39 Å². The van der Waals surface area contributed by atoms with Gasteiger partial charge in [-0.2, -0.15) is 18.3 Å². The molecule has 0 aliphatic rings. The molecule has 3 nitrogen and oxygen atoms in total. The van der Waals surface area contributed by atoms with Crippen molar-refractivity contribution in [2.24, 2.45) is 0 Å². The van der Waals surface area contributed by atoms with Crippen LogP contribution in [0.1, 0.15) is 36.6 Å². The number of H-pyrrole nitrogens is 1. The SMILES string of the molecule is CCCC(O)(c1ccc(F)cc1)c1n[nH]c2ccc(C(F)(F)F)cc12. The molecular weight excluding hydrogens is 336 g/mol. The standard InChI is InChI=1S/C18H16F4N2O/c1-2-9-17(25,11-3-6-13(19)7-4-11)16-14-10-12(18(20,21)22)5-8-15(14)23-24-16/h3-8,10,25H,2,9H2,1H3,(H,23,24). The normalized spacial score (nSPS) is 14.6. The zero-order chi connectivity index (χ0) is 18.2. The third-order valence-corrected chi connectivity index (χ3v) is 4.22. The second kappa shape index (κ2) is 6.15. The van der Waals surface area contributed by atoms with E-state index < -0.39 is 23.2 Å². The molecule has 0 amide bonds. The first kappa shape index (κ1) is 17.4. The highest BCUT2D eigenvalue weighted by Gasteiger charge is 2.36. The second-order valence-corrected chi connectivity index (χ2v) is 5.95. The zero-order valence-corrected chi connectivity index (χ0v) is 13.4. The first-order valence-electron chi connectivity index (χ1n) is 7.80. The Morgan fingerprint density at radius 1 is 1.04 bits per heavy atom. The Morgan fingerprint density at radius 2 is 1.68 bits per heavy atom. The lowest BCUT2D eigenvalue weighted by Crippen LogP contribution is -2.28. The quantitative estimate of drug-likeness (QED) is 0.665. The summed E-state index contributed by atoms with van der Waals surface area (Å²) in [4.78, 5) is 0. The van der Waals surface area contributed by atoms with Crippen LogP contribution in [0.15, 0.2) is 42.5 Å². The number of aliphatic hydroxyl groups is 1. The van der Waals surface area contributed by atoms with Crippen LogP contribution in [0.25, 0.3) is 10.9 Å². The summed E-state index contributed by atoms with van der Waals surface area (Å²) < 4.78 is 52.3. The fourth-order valence-electron chi connectivity index (χ4n) is 2.99. The van der Waals surface area contributed by atoms with Crippen LogP contribution in [0.2, 0.25) is 0 Å². The minimum Gasteiger partial charge on any atom is -0.379 e. The molecule has 0 aliphatic heterocycles. The Balaban J connectivity index is 2.21. The van der Waals surface area contributed by atoms with E-state index in [1.165, 1.54) is 30.3 Å². The predicted molar refractivity (Wildman–Crippen MR) is 85.4 cm³/mol. The van der Waals surface area contributed by atoms with Gasteiger partial charge in [-0.3, -0.25) is 5.10 Å². The van der Waals surface area contributed by atoms with Gasteiger partial charge in [0.1, 0.15) is 17.1 Å². The van der Waals surface area contributed by atoms with Gasteiger partial charge < -0.3 is 5.11 Å². The molecule has 0 saturated carbocycles. The molecule has 1 aromatic heterocycles. The van der Waals surface area contributed by atoms with E-state index in [0.29, 0.717) is 17.5 Å². The van der Waals surface area contributed by atoms with Crippen molar-refractivity contribution in [3.8, 4) is 0 Å². The average molecular weight is 352 g/mol. The van der Waals surface area contributed by atoms with E-state index >= 15 is 0 Å². The predicted octanol–water partition coefficient (Wildman–Crippen LogP) is 4.76. The second-order valence-electron chi connectivity index (χ2n) is 5.95. The van der Waals surface area contributed by atoms with Gasteiger partial charge in [0.15, 0.2) is 0 Å². The van der Waals surface area contributed by atoms with E-state index in [4.69, 9.17) is 0 Å². The first-order chi connectivity index (χ1) is 11.8. The first-order valence-corrected chi connectivity index (χ1v) is 7.80. The third-order valence-electron chi connectivity index (χ3n) is 4.22. The molecule has 3 aromatic rings. The number of aromatic nitrogens is 2. The number of benzene rings is 2. The Kier molecular flexibility index (Phi) is 4.28. The monoisotopic (exact) mass is 352 g/mol. The van der Waals surface area contributed by atoms with Gasteiger partial charge in [-0.1, -0.05) is 25.5 Å². The summed E-state index contributed by atoms with van der Waals surface area (Å²) in [5.41, 5.74) is -1.57. The van der Waals surface area contributed by atoms with Crippen molar-refractivity contribution in [1.29, 1.82) is 0 Å². The Labute approximate surface area is 141 Å². The molecule has 1 atom stereocenters. The Bertz CT molecular complexity index is 886. The maximum atomic E-state index is 13.2. The summed E-state index contributed by atoms with van der Waals surface area (Å²) in [6, 6.07) is 8.45. The summed E-state index contributed by atoms with van der Waals surface area (Å²) in [5, 5.41) is 18.2. The van der Waals surface area contributed by atoms with Crippen molar-refractivity contribution in [3.05, 3.63) is 65.1 Å². The maximum Gasteiger partial charge on any atom is 0.416 e. The fourth-order valence-corrected chi connectivity index (χ4v) is 2.99. The Hall–Kier alpha value is -2.41. The highest BCUT2D eigenvalue weighted by Crippen LogP contribution is 2.39. The smallest absolute Gasteiger partial charge is 0.379 e. The van der Waals surface area contributed by atoms with E-state index in [0.717, 1.165) is 12.1 Å². The molecule has 132 valence electrons. The van der Waals surface area contributed by atoms with Crippen LogP contribution in [-0.4, -0.2) is 15.3 Å². The van der Waals surface area contributed by atoms with Gasteiger partial charge in [0.2, 0.25) is 0 Å². The lowest BCUT2D eigenvalue weighted by Gasteiger charge is -2.27. The minimum absolute atomic E-state index is 0.0991. The molecule has 0 aliphatic carbocycles. The van der Waals surface area contributed by atoms with E-state index in [-0.39, 0.29) is 17.5 Å². The van der Waals surface area contributed by atoms with Gasteiger partial charge in [0.05, 0.1) is 11.1 Å². The molecule has 0 saturated heterocycles. The molecule has 0 fully saturated rings. The van der Waals surface area contributed by atoms with Gasteiger partial charge in [-0.05, 0) is 42.3 Å². The number of rotatable bonds is 4. The van der Waals surface area contributed by atoms with Crippen molar-refractivity contribution >= 4 is 10.9 Å². The van der Waals surface area contributed by atoms with Crippen LogP contribution in [0, 0.1) is 5.82 Å². The molecule has 2 aromatic carbocycles. The lowest BCUT2D eigenvalue weighted by atomic mass is 9.84. The van der Waals surface area contributed by atoms with Crippen molar-refractivity contribution in [3.63, 3.8) is 0 Å². The molecule has 2 N–H and O–H groups in total. The molecule has 25 heavy (non-hydrogen) atoms. The topological polar surface area (TPSA) is 48.9 Å². The summed E-state index contributed by atoms with van der Waals surface area (Å²) >= 11 is 0. The van der Waals surface area contributed by atoms with Gasteiger partial charge in [0, 0.05) is 5.39 Å². The molecular formula is C18H16F4N2O. The van der Waals surface area contributed by atoms with Crippen LogP contribution >= 0.6 is 0 Å². The van der Waals surface area contributed by atoms with Gasteiger partial charge in [0.25, 0.3) is 0 Å². The molecule has 0 bridgehead atoms. The van der Waals surface area contributed by atoms with Crippen LogP contribution < -0.4 is 0 Å². The summed E-state index contributed by atoms with van der Waals surface area (Å²) in [6.45, 7) is 1.84. The largest absolute Gasteiger partial charge is 0.416 e. The number of halogens is 4. The molecule has 1 heterocycles. The van der Waals surface area contributed by atoms with Crippen molar-refractivity contribution < 1.29 is 22.7 Å². The number of nitrogens with one attached hydrogen (secondary N) is 1. The highest BCUT2D eigenvalue weighted by molar-refractivity contribution is 5.83. The third kappa shape index (κ3) is 3.11. The molecule has 0 radical (unpaired) electrons. The van der Waals surface area contributed by atoms with Crippen LogP contribution in [0.3, 0.4) is 0 Å². The summed E-state index contributed by atoms with van der Waals surface area (Å²) in [7, 11) is 0. The van der Waals surface area contributed by atoms with E-state index in [1.807, 2.05) is 6.92 Å². The molecule has 7 heteroatoms.